The van der Waals surface area contributed by atoms with Crippen molar-refractivity contribution in [2.24, 2.45) is 0 Å². The Kier molecular flexibility index (Phi) is 4.60. The Morgan fingerprint density at radius 3 is 2.62 bits per heavy atom. The van der Waals surface area contributed by atoms with E-state index in [1.165, 1.54) is 15.3 Å². The van der Waals surface area contributed by atoms with Crippen LogP contribution in [0.3, 0.4) is 0 Å². The number of hydrogen-bond donors (Lipinski definition) is 1. The lowest BCUT2D eigenvalue weighted by molar-refractivity contribution is 0.245. The van der Waals surface area contributed by atoms with Crippen LogP contribution in [0.4, 0.5) is 5.13 Å². The summed E-state index contributed by atoms with van der Waals surface area (Å²) in [5, 5.41) is 1.07. The van der Waals surface area contributed by atoms with E-state index in [4.69, 9.17) is 4.98 Å². The molecule has 0 unspecified atom stereocenters. The van der Waals surface area contributed by atoms with E-state index in [9.17, 15) is 9.59 Å². The Hall–Kier alpha value is -2.45. The van der Waals surface area contributed by atoms with Gasteiger partial charge in [0.15, 0.2) is 5.13 Å². The number of nitrogens with zero attached hydrogens (tertiary/aromatic N) is 4. The number of benzene rings is 1. The van der Waals surface area contributed by atoms with Gasteiger partial charge in [0.25, 0.3) is 5.56 Å². The third-order valence-electron chi connectivity index (χ3n) is 4.72. The number of rotatable bonds is 4. The first-order chi connectivity index (χ1) is 12.6. The smallest absolute Gasteiger partial charge is 0.328 e. The van der Waals surface area contributed by atoms with Gasteiger partial charge in [-0.15, -0.1) is 0 Å². The van der Waals surface area contributed by atoms with Crippen LogP contribution in [0.25, 0.3) is 10.2 Å². The molecule has 0 radical (unpaired) electrons. The molecule has 1 saturated heterocycles. The lowest BCUT2D eigenvalue weighted by Gasteiger charge is -2.34. The monoisotopic (exact) mass is 371 g/mol. The van der Waals surface area contributed by atoms with Crippen LogP contribution in [0.5, 0.6) is 0 Å². The van der Waals surface area contributed by atoms with Crippen LogP contribution in [0.15, 0.2) is 39.9 Å². The first-order valence-electron chi connectivity index (χ1n) is 8.74. The number of nitrogens with one attached hydrogen (secondary N) is 1. The summed E-state index contributed by atoms with van der Waals surface area (Å²) in [7, 11) is 0. The van der Waals surface area contributed by atoms with Gasteiger partial charge in [0, 0.05) is 51.0 Å². The van der Waals surface area contributed by atoms with Crippen LogP contribution in [0.2, 0.25) is 0 Å². The number of para-hydroxylation sites is 1. The van der Waals surface area contributed by atoms with Crippen molar-refractivity contribution in [3.63, 3.8) is 0 Å². The fraction of sp³-hybridized carbons (Fsp3) is 0.389. The van der Waals surface area contributed by atoms with Crippen LogP contribution in [0, 0.1) is 6.92 Å². The molecule has 26 heavy (non-hydrogen) atoms. The van der Waals surface area contributed by atoms with Gasteiger partial charge in [0.05, 0.1) is 10.2 Å². The Labute approximate surface area is 154 Å². The van der Waals surface area contributed by atoms with Crippen molar-refractivity contribution in [3.05, 3.63) is 56.9 Å². The predicted molar refractivity (Wildman–Crippen MR) is 104 cm³/mol. The maximum atomic E-state index is 12.0. The van der Waals surface area contributed by atoms with Crippen LogP contribution in [-0.4, -0.2) is 52.2 Å². The minimum Gasteiger partial charge on any atom is -0.345 e. The first kappa shape index (κ1) is 17.0. The summed E-state index contributed by atoms with van der Waals surface area (Å²) in [5.41, 5.74) is 1.08. The minimum atomic E-state index is -0.330. The molecule has 136 valence electrons. The highest BCUT2D eigenvalue weighted by Gasteiger charge is 2.20. The zero-order chi connectivity index (χ0) is 18.1. The van der Waals surface area contributed by atoms with Crippen molar-refractivity contribution >= 4 is 26.7 Å². The summed E-state index contributed by atoms with van der Waals surface area (Å²) < 4.78 is 2.48. The highest BCUT2D eigenvalue weighted by Crippen LogP contribution is 2.28. The molecule has 1 fully saturated rings. The Morgan fingerprint density at radius 1 is 1.12 bits per heavy atom. The molecule has 0 saturated carbocycles. The number of H-pyrrole nitrogens is 1. The van der Waals surface area contributed by atoms with E-state index in [0.29, 0.717) is 18.8 Å². The highest BCUT2D eigenvalue weighted by molar-refractivity contribution is 7.22. The summed E-state index contributed by atoms with van der Waals surface area (Å²) in [6.07, 6.45) is 0. The topological polar surface area (TPSA) is 74.2 Å². The lowest BCUT2D eigenvalue weighted by atomic mass is 10.3. The number of fused-ring (bicyclic) bond motifs is 1. The van der Waals surface area contributed by atoms with Crippen molar-refractivity contribution in [1.82, 2.24) is 19.4 Å². The van der Waals surface area contributed by atoms with E-state index in [-0.39, 0.29) is 11.2 Å². The molecule has 0 spiro atoms. The van der Waals surface area contributed by atoms with Gasteiger partial charge >= 0.3 is 5.69 Å². The van der Waals surface area contributed by atoms with Crippen molar-refractivity contribution in [2.75, 3.05) is 37.6 Å². The zero-order valence-electron chi connectivity index (χ0n) is 14.6. The molecule has 1 N–H and O–H groups in total. The second-order valence-corrected chi connectivity index (χ2v) is 7.55. The van der Waals surface area contributed by atoms with Crippen molar-refractivity contribution in [1.29, 1.82) is 0 Å². The lowest BCUT2D eigenvalue weighted by Crippen LogP contribution is -2.48. The molecule has 4 rings (SSSR count). The molecule has 0 bridgehead atoms. The second-order valence-electron chi connectivity index (χ2n) is 6.54. The van der Waals surface area contributed by atoms with Gasteiger partial charge in [0.2, 0.25) is 0 Å². The average molecular weight is 371 g/mol. The predicted octanol–water partition coefficient (Wildman–Crippen LogP) is 1.28. The maximum Gasteiger partial charge on any atom is 0.328 e. The van der Waals surface area contributed by atoms with Gasteiger partial charge in [-0.3, -0.25) is 14.3 Å². The highest BCUT2D eigenvalue weighted by atomic mass is 32.1. The molecule has 0 atom stereocenters. The van der Waals surface area contributed by atoms with Gasteiger partial charge < -0.3 is 9.88 Å². The Bertz CT molecular complexity index is 965. The first-order valence-corrected chi connectivity index (χ1v) is 9.55. The standard InChI is InChI=1S/C18H21N5O2S/c1-13-12-16(24)23(17(25)19-13)11-8-21-6-9-22(10-7-21)18-20-14-4-2-3-5-15(14)26-18/h2-5,12H,6-11H2,1H3,(H,19,25). The number of aromatic nitrogens is 3. The molecule has 7 nitrogen and oxygen atoms in total. The maximum absolute atomic E-state index is 12.0. The molecule has 3 heterocycles. The van der Waals surface area contributed by atoms with Gasteiger partial charge in [0.1, 0.15) is 0 Å². The van der Waals surface area contributed by atoms with Gasteiger partial charge in [-0.05, 0) is 19.1 Å². The molecular formula is C18H21N5O2S. The molecule has 1 aliphatic heterocycles. The van der Waals surface area contributed by atoms with E-state index in [1.807, 2.05) is 18.2 Å². The minimum absolute atomic E-state index is 0.237. The largest absolute Gasteiger partial charge is 0.345 e. The summed E-state index contributed by atoms with van der Waals surface area (Å²) in [6, 6.07) is 9.66. The van der Waals surface area contributed by atoms with Crippen molar-refractivity contribution in [2.45, 2.75) is 13.5 Å². The summed E-state index contributed by atoms with van der Waals surface area (Å²) in [6.45, 7) is 6.42. The second kappa shape index (κ2) is 7.05. The quantitative estimate of drug-likeness (QED) is 0.748. The molecule has 3 aromatic rings. The normalized spacial score (nSPS) is 15.7. The number of anilines is 1. The summed E-state index contributed by atoms with van der Waals surface area (Å²) in [5.74, 6) is 0. The Morgan fingerprint density at radius 2 is 1.88 bits per heavy atom. The third kappa shape index (κ3) is 3.42. The zero-order valence-corrected chi connectivity index (χ0v) is 15.5. The van der Waals surface area contributed by atoms with E-state index in [0.717, 1.165) is 36.8 Å². The molecule has 8 heteroatoms. The van der Waals surface area contributed by atoms with Crippen LogP contribution >= 0.6 is 11.3 Å². The van der Waals surface area contributed by atoms with E-state index in [1.54, 1.807) is 18.3 Å². The van der Waals surface area contributed by atoms with E-state index < -0.39 is 0 Å². The molecule has 1 aliphatic rings. The fourth-order valence-corrected chi connectivity index (χ4v) is 4.26. The van der Waals surface area contributed by atoms with Gasteiger partial charge in [-0.25, -0.2) is 9.78 Å². The average Bonchev–Trinajstić information content (AvgIpc) is 3.05. The van der Waals surface area contributed by atoms with Crippen molar-refractivity contribution < 1.29 is 0 Å². The summed E-state index contributed by atoms with van der Waals surface area (Å²) >= 11 is 1.73. The number of aromatic amines is 1. The number of piperazine rings is 1. The number of hydrogen-bond acceptors (Lipinski definition) is 6. The van der Waals surface area contributed by atoms with Gasteiger partial charge in [-0.2, -0.15) is 0 Å². The SMILES string of the molecule is Cc1cc(=O)n(CCN2CCN(c3nc4ccccc4s3)CC2)c(=O)[nH]1. The molecule has 1 aromatic carbocycles. The van der Waals surface area contributed by atoms with Crippen LogP contribution in [0.1, 0.15) is 5.69 Å². The molecule has 0 amide bonds. The van der Waals surface area contributed by atoms with Gasteiger partial charge in [-0.1, -0.05) is 23.5 Å². The third-order valence-corrected chi connectivity index (χ3v) is 5.82. The van der Waals surface area contributed by atoms with E-state index in [2.05, 4.69) is 20.9 Å². The summed E-state index contributed by atoms with van der Waals surface area (Å²) in [4.78, 5) is 35.9. The van der Waals surface area contributed by atoms with Crippen molar-refractivity contribution in [3.8, 4) is 0 Å². The van der Waals surface area contributed by atoms with E-state index >= 15 is 0 Å². The number of aryl methyl sites for hydroxylation is 1. The molecule has 0 aliphatic carbocycles. The number of thiazole rings is 1. The Balaban J connectivity index is 1.37. The van der Waals surface area contributed by atoms with Crippen LogP contribution < -0.4 is 16.1 Å². The fourth-order valence-electron chi connectivity index (χ4n) is 3.25. The molecule has 2 aromatic heterocycles. The molecular weight excluding hydrogens is 350 g/mol. The van der Waals surface area contributed by atoms with Crippen LogP contribution in [-0.2, 0) is 6.54 Å².